The first-order valence-electron chi connectivity index (χ1n) is 9.35. The number of benzene rings is 2. The molecule has 0 spiro atoms. The Morgan fingerprint density at radius 1 is 1.10 bits per heavy atom. The van der Waals surface area contributed by atoms with Crippen LogP contribution in [0.1, 0.15) is 24.5 Å². The molecule has 3 aromatic rings. The molecule has 1 aromatic heterocycles. The predicted octanol–water partition coefficient (Wildman–Crippen LogP) is 5.37. The Hall–Kier alpha value is -3.06. The van der Waals surface area contributed by atoms with E-state index < -0.39 is 0 Å². The van der Waals surface area contributed by atoms with Gasteiger partial charge in [-0.25, -0.2) is 4.98 Å². The zero-order chi connectivity index (χ0) is 20.6. The van der Waals surface area contributed by atoms with Crippen LogP contribution < -0.4 is 19.6 Å². The number of nitrogens with one attached hydrogen (secondary N) is 1. The Balaban J connectivity index is 1.72. The van der Waals surface area contributed by atoms with E-state index in [1.807, 2.05) is 17.5 Å². The maximum Gasteiger partial charge on any atom is 0.203 e. The van der Waals surface area contributed by atoms with E-state index in [9.17, 15) is 0 Å². The van der Waals surface area contributed by atoms with E-state index in [4.69, 9.17) is 14.2 Å². The van der Waals surface area contributed by atoms with Gasteiger partial charge in [0.05, 0.1) is 32.7 Å². The van der Waals surface area contributed by atoms with Gasteiger partial charge in [0.2, 0.25) is 10.9 Å². The van der Waals surface area contributed by atoms with Crippen LogP contribution in [0.4, 0.5) is 5.13 Å². The first-order valence-corrected chi connectivity index (χ1v) is 10.2. The average molecular weight is 412 g/mol. The summed E-state index contributed by atoms with van der Waals surface area (Å²) in [5.74, 6) is 1.81. The highest BCUT2D eigenvalue weighted by molar-refractivity contribution is 7.14. The minimum atomic E-state index is 0.592. The molecule has 0 saturated carbocycles. The Morgan fingerprint density at radius 2 is 1.79 bits per heavy atom. The number of thiazole rings is 1. The summed E-state index contributed by atoms with van der Waals surface area (Å²) in [6, 6.07) is 12.0. The van der Waals surface area contributed by atoms with Crippen molar-refractivity contribution in [2.45, 2.75) is 20.3 Å². The SMILES string of the molecule is CCCOc1c(OC)cc(/C=N\Nc2nc(-c3ccc(C)cc3)cs2)cc1OC. The highest BCUT2D eigenvalue weighted by Gasteiger charge is 2.13. The summed E-state index contributed by atoms with van der Waals surface area (Å²) in [4.78, 5) is 4.58. The lowest BCUT2D eigenvalue weighted by Crippen LogP contribution is -2.01. The van der Waals surface area contributed by atoms with Gasteiger partial charge in [0, 0.05) is 16.5 Å². The van der Waals surface area contributed by atoms with Crippen LogP contribution in [0.5, 0.6) is 17.2 Å². The lowest BCUT2D eigenvalue weighted by atomic mass is 10.1. The van der Waals surface area contributed by atoms with Crippen LogP contribution in [0.15, 0.2) is 46.9 Å². The van der Waals surface area contributed by atoms with Crippen LogP contribution in [-0.2, 0) is 0 Å². The van der Waals surface area contributed by atoms with Gasteiger partial charge in [-0.1, -0.05) is 36.8 Å². The monoisotopic (exact) mass is 411 g/mol. The largest absolute Gasteiger partial charge is 0.493 e. The molecule has 29 heavy (non-hydrogen) atoms. The van der Waals surface area contributed by atoms with Gasteiger partial charge in [-0.2, -0.15) is 5.10 Å². The number of hydrogen-bond acceptors (Lipinski definition) is 7. The van der Waals surface area contributed by atoms with Crippen molar-refractivity contribution in [1.82, 2.24) is 4.98 Å². The molecule has 1 N–H and O–H groups in total. The van der Waals surface area contributed by atoms with Crippen LogP contribution in [0.25, 0.3) is 11.3 Å². The Bertz CT molecular complexity index is 943. The van der Waals surface area contributed by atoms with Crippen molar-refractivity contribution in [2.24, 2.45) is 5.10 Å². The highest BCUT2D eigenvalue weighted by Crippen LogP contribution is 2.38. The summed E-state index contributed by atoms with van der Waals surface area (Å²) < 4.78 is 16.7. The number of rotatable bonds is 9. The molecule has 0 atom stereocenters. The minimum absolute atomic E-state index is 0.592. The van der Waals surface area contributed by atoms with Gasteiger partial charge >= 0.3 is 0 Å². The number of hydrazone groups is 1. The van der Waals surface area contributed by atoms with Gasteiger partial charge in [-0.05, 0) is 25.5 Å². The molecule has 0 aliphatic rings. The molecule has 0 saturated heterocycles. The number of aryl methyl sites for hydroxylation is 1. The predicted molar refractivity (Wildman–Crippen MR) is 119 cm³/mol. The maximum atomic E-state index is 5.76. The number of anilines is 1. The fourth-order valence-corrected chi connectivity index (χ4v) is 3.33. The summed E-state index contributed by atoms with van der Waals surface area (Å²) in [6.07, 6.45) is 2.60. The van der Waals surface area contributed by atoms with Gasteiger partial charge in [-0.15, -0.1) is 11.3 Å². The quantitative estimate of drug-likeness (QED) is 0.379. The third-order valence-corrected chi connectivity index (χ3v) is 4.91. The molecule has 0 unspecified atom stereocenters. The third-order valence-electron chi connectivity index (χ3n) is 4.16. The van der Waals surface area contributed by atoms with E-state index in [0.29, 0.717) is 23.9 Å². The second-order valence-electron chi connectivity index (χ2n) is 6.38. The lowest BCUT2D eigenvalue weighted by molar-refractivity contribution is 0.275. The fourth-order valence-electron chi connectivity index (χ4n) is 2.67. The first kappa shape index (κ1) is 20.7. The molecule has 2 aromatic carbocycles. The smallest absolute Gasteiger partial charge is 0.203 e. The van der Waals surface area contributed by atoms with E-state index in [-0.39, 0.29) is 0 Å². The van der Waals surface area contributed by atoms with Crippen LogP contribution in [0.3, 0.4) is 0 Å². The second-order valence-corrected chi connectivity index (χ2v) is 7.24. The van der Waals surface area contributed by atoms with Crippen molar-refractivity contribution in [1.29, 1.82) is 0 Å². The molecular formula is C22H25N3O3S. The number of ether oxygens (including phenoxy) is 3. The summed E-state index contributed by atoms with van der Waals surface area (Å²) >= 11 is 1.51. The van der Waals surface area contributed by atoms with Gasteiger partial charge in [0.25, 0.3) is 0 Å². The second kappa shape index (κ2) is 9.93. The van der Waals surface area contributed by atoms with Crippen LogP contribution in [0, 0.1) is 6.92 Å². The summed E-state index contributed by atoms with van der Waals surface area (Å²) in [5.41, 5.74) is 7.04. The van der Waals surface area contributed by atoms with Gasteiger partial charge in [-0.3, -0.25) is 5.43 Å². The first-order chi connectivity index (χ1) is 14.1. The highest BCUT2D eigenvalue weighted by atomic mass is 32.1. The normalized spacial score (nSPS) is 10.9. The molecule has 1 heterocycles. The Labute approximate surface area is 175 Å². The molecule has 0 amide bonds. The van der Waals surface area contributed by atoms with E-state index in [2.05, 4.69) is 53.6 Å². The number of aromatic nitrogens is 1. The minimum Gasteiger partial charge on any atom is -0.493 e. The zero-order valence-electron chi connectivity index (χ0n) is 17.1. The van der Waals surface area contributed by atoms with Gasteiger partial charge in [0.1, 0.15) is 0 Å². The third kappa shape index (κ3) is 5.26. The Kier molecular flexibility index (Phi) is 7.08. The topological polar surface area (TPSA) is 65.0 Å². The van der Waals surface area contributed by atoms with E-state index >= 15 is 0 Å². The summed E-state index contributed by atoms with van der Waals surface area (Å²) in [5, 5.41) is 7.03. The van der Waals surface area contributed by atoms with E-state index in [1.54, 1.807) is 20.4 Å². The van der Waals surface area contributed by atoms with Crippen LogP contribution in [-0.4, -0.2) is 32.0 Å². The molecular weight excluding hydrogens is 386 g/mol. The summed E-state index contributed by atoms with van der Waals surface area (Å²) in [7, 11) is 3.21. The van der Waals surface area contributed by atoms with Crippen molar-refractivity contribution < 1.29 is 14.2 Å². The molecule has 0 aliphatic carbocycles. The van der Waals surface area contributed by atoms with Crippen molar-refractivity contribution in [2.75, 3.05) is 26.3 Å². The van der Waals surface area contributed by atoms with Gasteiger partial charge in [0.15, 0.2) is 11.5 Å². The summed E-state index contributed by atoms with van der Waals surface area (Å²) in [6.45, 7) is 4.71. The lowest BCUT2D eigenvalue weighted by Gasteiger charge is -2.14. The standard InChI is InChI=1S/C22H25N3O3S/c1-5-10-28-21-19(26-3)11-16(12-20(21)27-4)13-23-25-22-24-18(14-29-22)17-8-6-15(2)7-9-17/h6-9,11-14H,5,10H2,1-4H3,(H,24,25)/b23-13-. The van der Waals surface area contributed by atoms with Crippen molar-refractivity contribution >= 4 is 22.7 Å². The molecule has 3 rings (SSSR count). The fraction of sp³-hybridized carbons (Fsp3) is 0.273. The van der Waals surface area contributed by atoms with E-state index in [0.717, 1.165) is 28.4 Å². The number of hydrogen-bond donors (Lipinski definition) is 1. The van der Waals surface area contributed by atoms with Crippen LogP contribution >= 0.6 is 11.3 Å². The molecule has 6 nitrogen and oxygen atoms in total. The van der Waals surface area contributed by atoms with Crippen molar-refractivity contribution in [3.05, 3.63) is 52.9 Å². The molecule has 152 valence electrons. The number of methoxy groups -OCH3 is 2. The average Bonchev–Trinajstić information content (AvgIpc) is 3.21. The van der Waals surface area contributed by atoms with Gasteiger partial charge < -0.3 is 14.2 Å². The van der Waals surface area contributed by atoms with E-state index in [1.165, 1.54) is 16.9 Å². The zero-order valence-corrected chi connectivity index (χ0v) is 17.9. The molecule has 0 bridgehead atoms. The van der Waals surface area contributed by atoms with Crippen molar-refractivity contribution in [3.8, 4) is 28.5 Å². The van der Waals surface area contributed by atoms with Crippen molar-refractivity contribution in [3.63, 3.8) is 0 Å². The Morgan fingerprint density at radius 3 is 2.41 bits per heavy atom. The number of nitrogens with zero attached hydrogens (tertiary/aromatic N) is 2. The molecule has 0 radical (unpaired) electrons. The molecule has 0 aliphatic heterocycles. The molecule has 7 heteroatoms. The maximum absolute atomic E-state index is 5.76. The molecule has 0 fully saturated rings. The van der Waals surface area contributed by atoms with Crippen LogP contribution in [0.2, 0.25) is 0 Å².